The van der Waals surface area contributed by atoms with E-state index in [1.54, 1.807) is 75.4 Å². The van der Waals surface area contributed by atoms with Crippen LogP contribution in [0.2, 0.25) is 10.0 Å². The Bertz CT molecular complexity index is 1450. The topological polar surface area (TPSA) is 96.0 Å². The summed E-state index contributed by atoms with van der Waals surface area (Å²) in [6, 6.07) is 17.0. The molecule has 3 aromatic carbocycles. The molecule has 0 fully saturated rings. The van der Waals surface area contributed by atoms with Gasteiger partial charge in [0.25, 0.3) is 10.0 Å². The number of anilines is 1. The summed E-state index contributed by atoms with van der Waals surface area (Å²) in [4.78, 5) is 28.2. The van der Waals surface area contributed by atoms with E-state index in [1.807, 2.05) is 6.92 Å². The fourth-order valence-corrected chi connectivity index (χ4v) is 5.78. The lowest BCUT2D eigenvalue weighted by Crippen LogP contribution is -2.51. The van der Waals surface area contributed by atoms with Gasteiger partial charge in [0.1, 0.15) is 18.3 Å². The summed E-state index contributed by atoms with van der Waals surface area (Å²) in [7, 11) is -4.21. The lowest BCUT2D eigenvalue weighted by Gasteiger charge is -2.32. The van der Waals surface area contributed by atoms with Crippen LogP contribution in [0.1, 0.15) is 31.9 Å². The molecule has 40 heavy (non-hydrogen) atoms. The zero-order valence-corrected chi connectivity index (χ0v) is 25.2. The van der Waals surface area contributed by atoms with Gasteiger partial charge in [0.05, 0.1) is 27.2 Å². The second kappa shape index (κ2) is 13.9. The average molecular weight is 607 g/mol. The molecule has 0 aliphatic carbocycles. The Morgan fingerprint density at radius 3 is 2.27 bits per heavy atom. The lowest BCUT2D eigenvalue weighted by atomic mass is 10.1. The van der Waals surface area contributed by atoms with Gasteiger partial charge in [-0.3, -0.25) is 13.9 Å². The zero-order valence-electron chi connectivity index (χ0n) is 22.9. The minimum Gasteiger partial charge on any atom is -0.492 e. The molecule has 0 saturated carbocycles. The molecule has 3 rings (SSSR count). The van der Waals surface area contributed by atoms with Crippen molar-refractivity contribution in [3.8, 4) is 5.75 Å². The smallest absolute Gasteiger partial charge is 0.264 e. The first kappa shape index (κ1) is 31.3. The fraction of sp³-hybridized carbons (Fsp3) is 0.310. The van der Waals surface area contributed by atoms with Gasteiger partial charge in [-0.25, -0.2) is 8.42 Å². The summed E-state index contributed by atoms with van der Waals surface area (Å²) >= 11 is 12.3. The largest absolute Gasteiger partial charge is 0.492 e. The van der Waals surface area contributed by atoms with Crippen LogP contribution < -0.4 is 14.4 Å². The Kier molecular flexibility index (Phi) is 10.8. The number of carbonyl (C=O) groups is 2. The number of halogens is 2. The van der Waals surface area contributed by atoms with Gasteiger partial charge in [0.2, 0.25) is 11.8 Å². The third-order valence-electron chi connectivity index (χ3n) is 6.18. The summed E-state index contributed by atoms with van der Waals surface area (Å²) in [5.74, 6) is -0.660. The molecule has 8 nitrogen and oxygen atoms in total. The molecule has 2 amide bonds. The van der Waals surface area contributed by atoms with Gasteiger partial charge in [-0.2, -0.15) is 0 Å². The minimum absolute atomic E-state index is 0.000447. The maximum atomic E-state index is 14.0. The first-order valence-electron chi connectivity index (χ1n) is 12.8. The van der Waals surface area contributed by atoms with E-state index in [0.29, 0.717) is 34.5 Å². The summed E-state index contributed by atoms with van der Waals surface area (Å²) in [5.41, 5.74) is 1.72. The van der Waals surface area contributed by atoms with Crippen LogP contribution in [0.3, 0.4) is 0 Å². The predicted octanol–water partition coefficient (Wildman–Crippen LogP) is 5.45. The predicted molar refractivity (Wildman–Crippen MR) is 158 cm³/mol. The van der Waals surface area contributed by atoms with Crippen LogP contribution in [0.4, 0.5) is 5.69 Å². The second-order valence-electron chi connectivity index (χ2n) is 9.07. The summed E-state index contributed by atoms with van der Waals surface area (Å²) in [6.07, 6.45) is 0. The van der Waals surface area contributed by atoms with Crippen molar-refractivity contribution in [1.29, 1.82) is 0 Å². The number of hydrogen-bond donors (Lipinski definition) is 1. The van der Waals surface area contributed by atoms with E-state index in [0.717, 1.165) is 9.87 Å². The Morgan fingerprint density at radius 2 is 1.65 bits per heavy atom. The molecule has 0 heterocycles. The fourth-order valence-electron chi connectivity index (χ4n) is 4.03. The Hall–Kier alpha value is -3.27. The summed E-state index contributed by atoms with van der Waals surface area (Å²) in [6.45, 7) is 7.09. The van der Waals surface area contributed by atoms with Crippen LogP contribution in [0, 0.1) is 6.92 Å². The number of ether oxygens (including phenoxy) is 1. The van der Waals surface area contributed by atoms with Crippen LogP contribution in [-0.4, -0.2) is 50.9 Å². The first-order valence-corrected chi connectivity index (χ1v) is 15.0. The normalized spacial score (nSPS) is 11.9. The molecule has 11 heteroatoms. The van der Waals surface area contributed by atoms with Crippen molar-refractivity contribution in [2.24, 2.45) is 0 Å². The maximum Gasteiger partial charge on any atom is 0.264 e. The van der Waals surface area contributed by atoms with Gasteiger partial charge in [-0.05, 0) is 69.7 Å². The number of para-hydroxylation sites is 2. The van der Waals surface area contributed by atoms with Crippen molar-refractivity contribution in [2.75, 3.05) is 24.0 Å². The SMILES string of the molecule is CCNC(=O)C(C)N(Cc1ccc(Cl)c(Cl)c1)C(=O)CN(c1ccccc1OCC)S(=O)(=O)c1ccc(C)cc1. The molecular weight excluding hydrogens is 573 g/mol. The molecule has 0 bridgehead atoms. The number of nitrogens with one attached hydrogen (secondary N) is 1. The monoisotopic (exact) mass is 605 g/mol. The van der Waals surface area contributed by atoms with Crippen molar-refractivity contribution in [1.82, 2.24) is 10.2 Å². The van der Waals surface area contributed by atoms with E-state index in [-0.39, 0.29) is 23.0 Å². The molecule has 0 aliphatic heterocycles. The molecule has 0 radical (unpaired) electrons. The van der Waals surface area contributed by atoms with Crippen LogP contribution in [-0.2, 0) is 26.2 Å². The van der Waals surface area contributed by atoms with Crippen molar-refractivity contribution in [3.05, 3.63) is 87.9 Å². The zero-order chi connectivity index (χ0) is 29.4. The van der Waals surface area contributed by atoms with Crippen molar-refractivity contribution in [3.63, 3.8) is 0 Å². The number of rotatable bonds is 12. The number of likely N-dealkylation sites (N-methyl/N-ethyl adjacent to an activating group) is 1. The molecule has 0 spiro atoms. The molecule has 0 saturated heterocycles. The molecule has 1 unspecified atom stereocenters. The first-order chi connectivity index (χ1) is 19.0. The van der Waals surface area contributed by atoms with Gasteiger partial charge >= 0.3 is 0 Å². The molecule has 1 atom stereocenters. The minimum atomic E-state index is -4.21. The number of aryl methyl sites for hydroxylation is 1. The third kappa shape index (κ3) is 7.47. The Morgan fingerprint density at radius 1 is 0.975 bits per heavy atom. The second-order valence-corrected chi connectivity index (χ2v) is 11.7. The van der Waals surface area contributed by atoms with Crippen LogP contribution in [0.5, 0.6) is 5.75 Å². The van der Waals surface area contributed by atoms with Crippen molar-refractivity contribution < 1.29 is 22.7 Å². The highest BCUT2D eigenvalue weighted by atomic mass is 35.5. The molecule has 3 aromatic rings. The van der Waals surface area contributed by atoms with Gasteiger partial charge in [0.15, 0.2) is 0 Å². The van der Waals surface area contributed by atoms with E-state index in [4.69, 9.17) is 27.9 Å². The highest BCUT2D eigenvalue weighted by Gasteiger charge is 2.33. The Balaban J connectivity index is 2.09. The average Bonchev–Trinajstić information content (AvgIpc) is 2.92. The number of amides is 2. The van der Waals surface area contributed by atoms with Gasteiger partial charge in [-0.15, -0.1) is 0 Å². The van der Waals surface area contributed by atoms with Crippen LogP contribution in [0.15, 0.2) is 71.6 Å². The lowest BCUT2D eigenvalue weighted by molar-refractivity contribution is -0.139. The van der Waals surface area contributed by atoms with Gasteiger partial charge in [0, 0.05) is 13.1 Å². The van der Waals surface area contributed by atoms with Crippen molar-refractivity contribution in [2.45, 2.75) is 45.2 Å². The number of nitrogens with zero attached hydrogens (tertiary/aromatic N) is 2. The molecule has 1 N–H and O–H groups in total. The number of benzene rings is 3. The molecule has 0 aromatic heterocycles. The van der Waals surface area contributed by atoms with Gasteiger partial charge < -0.3 is 15.0 Å². The van der Waals surface area contributed by atoms with Crippen LogP contribution >= 0.6 is 23.2 Å². The highest BCUT2D eigenvalue weighted by Crippen LogP contribution is 2.33. The number of hydrogen-bond acceptors (Lipinski definition) is 5. The number of sulfonamides is 1. The highest BCUT2D eigenvalue weighted by molar-refractivity contribution is 7.92. The van der Waals surface area contributed by atoms with E-state index < -0.39 is 28.5 Å². The number of carbonyl (C=O) groups excluding carboxylic acids is 2. The van der Waals surface area contributed by atoms with E-state index in [1.165, 1.54) is 17.0 Å². The maximum absolute atomic E-state index is 14.0. The van der Waals surface area contributed by atoms with Crippen LogP contribution in [0.25, 0.3) is 0 Å². The third-order valence-corrected chi connectivity index (χ3v) is 8.69. The summed E-state index contributed by atoms with van der Waals surface area (Å²) < 4.78 is 34.7. The van der Waals surface area contributed by atoms with E-state index in [9.17, 15) is 18.0 Å². The van der Waals surface area contributed by atoms with Crippen molar-refractivity contribution >= 4 is 50.7 Å². The standard InChI is InChI=1S/C29H33Cl2N3O5S/c1-5-32-29(36)21(4)33(18-22-13-16-24(30)25(31)17-22)28(35)19-34(26-9-7-8-10-27(26)39-6-2)40(37,38)23-14-11-20(3)12-15-23/h7-17,21H,5-6,18-19H2,1-4H3,(H,32,36). The quantitative estimate of drug-likeness (QED) is 0.296. The summed E-state index contributed by atoms with van der Waals surface area (Å²) in [5, 5.41) is 3.37. The van der Waals surface area contributed by atoms with E-state index in [2.05, 4.69) is 5.32 Å². The van der Waals surface area contributed by atoms with Gasteiger partial charge in [-0.1, -0.05) is 59.1 Å². The Labute approximate surface area is 245 Å². The molecule has 0 aliphatic rings. The molecular formula is C29H33Cl2N3O5S. The molecule has 214 valence electrons. The van der Waals surface area contributed by atoms with E-state index >= 15 is 0 Å².